The third-order valence-electron chi connectivity index (χ3n) is 3.55. The first kappa shape index (κ1) is 15.3. The number of nitrogens with one attached hydrogen (secondary N) is 2. The number of benzene rings is 1. The van der Waals surface area contributed by atoms with E-state index in [2.05, 4.69) is 22.2 Å². The van der Waals surface area contributed by atoms with E-state index in [1.807, 2.05) is 6.07 Å². The van der Waals surface area contributed by atoms with E-state index in [1.54, 1.807) is 7.11 Å². The molecule has 0 aromatic heterocycles. The van der Waals surface area contributed by atoms with Gasteiger partial charge in [-0.15, -0.1) is 0 Å². The maximum Gasteiger partial charge on any atom is 0.208 e. The summed E-state index contributed by atoms with van der Waals surface area (Å²) in [7, 11) is -1.44. The van der Waals surface area contributed by atoms with Gasteiger partial charge in [-0.05, 0) is 42.5 Å². The van der Waals surface area contributed by atoms with Crippen LogP contribution >= 0.6 is 0 Å². The van der Waals surface area contributed by atoms with Crippen molar-refractivity contribution >= 4 is 10.0 Å². The zero-order valence-corrected chi connectivity index (χ0v) is 12.8. The van der Waals surface area contributed by atoms with Crippen LogP contribution < -0.4 is 14.8 Å². The predicted octanol–water partition coefficient (Wildman–Crippen LogP) is 1.21. The van der Waals surface area contributed by atoms with Gasteiger partial charge in [-0.3, -0.25) is 0 Å². The number of hydrogen-bond acceptors (Lipinski definition) is 4. The molecule has 0 bridgehead atoms. The van der Waals surface area contributed by atoms with Gasteiger partial charge in [-0.25, -0.2) is 13.1 Å². The van der Waals surface area contributed by atoms with Crippen LogP contribution in [0.2, 0.25) is 0 Å². The Morgan fingerprint density at radius 1 is 1.35 bits per heavy atom. The Morgan fingerprint density at radius 3 is 2.85 bits per heavy atom. The monoisotopic (exact) mass is 298 g/mol. The van der Waals surface area contributed by atoms with E-state index in [0.29, 0.717) is 13.1 Å². The smallest absolute Gasteiger partial charge is 0.208 e. The van der Waals surface area contributed by atoms with Gasteiger partial charge in [0.1, 0.15) is 5.75 Å². The van der Waals surface area contributed by atoms with Crippen molar-refractivity contribution in [1.82, 2.24) is 10.0 Å². The van der Waals surface area contributed by atoms with Crippen LogP contribution in [0.4, 0.5) is 0 Å². The molecule has 2 rings (SSSR count). The van der Waals surface area contributed by atoms with Gasteiger partial charge < -0.3 is 10.1 Å². The van der Waals surface area contributed by atoms with Crippen LogP contribution in [-0.2, 0) is 16.4 Å². The Balaban J connectivity index is 1.97. The van der Waals surface area contributed by atoms with E-state index in [1.165, 1.54) is 17.4 Å². The quantitative estimate of drug-likeness (QED) is 0.775. The normalized spacial score (nSPS) is 18.6. The van der Waals surface area contributed by atoms with Gasteiger partial charge in [0.05, 0.1) is 13.4 Å². The topological polar surface area (TPSA) is 67.4 Å². The van der Waals surface area contributed by atoms with E-state index in [4.69, 9.17) is 4.74 Å². The minimum absolute atomic E-state index is 0.273. The maximum atomic E-state index is 11.0. The Labute approximate surface area is 120 Å². The molecule has 1 aliphatic carbocycles. The van der Waals surface area contributed by atoms with E-state index in [9.17, 15) is 8.42 Å². The number of ether oxygens (including phenoxy) is 1. The van der Waals surface area contributed by atoms with Gasteiger partial charge in [0.2, 0.25) is 10.0 Å². The minimum Gasteiger partial charge on any atom is -0.497 e. The standard InChI is InChI=1S/C14H22N2O3S/c1-19-12-7-6-11-4-3-5-14(13(11)10-12)15-8-9-16-20(2,17)18/h6-7,10,14-16H,3-5,8-9H2,1-2H3. The highest BCUT2D eigenvalue weighted by molar-refractivity contribution is 7.88. The second-order valence-electron chi connectivity index (χ2n) is 5.13. The van der Waals surface area contributed by atoms with Crippen molar-refractivity contribution in [2.45, 2.75) is 25.3 Å². The van der Waals surface area contributed by atoms with Gasteiger partial charge in [-0.1, -0.05) is 6.07 Å². The molecule has 20 heavy (non-hydrogen) atoms. The molecule has 1 unspecified atom stereocenters. The molecule has 1 aromatic carbocycles. The Bertz CT molecular complexity index is 558. The van der Waals surface area contributed by atoms with Gasteiger partial charge in [0.15, 0.2) is 0 Å². The molecule has 0 spiro atoms. The van der Waals surface area contributed by atoms with E-state index < -0.39 is 10.0 Å². The highest BCUT2D eigenvalue weighted by atomic mass is 32.2. The lowest BCUT2D eigenvalue weighted by molar-refractivity contribution is 0.409. The molecule has 112 valence electrons. The van der Waals surface area contributed by atoms with Crippen molar-refractivity contribution in [2.24, 2.45) is 0 Å². The SMILES string of the molecule is COc1ccc2c(c1)C(NCCNS(C)(=O)=O)CCC2. The summed E-state index contributed by atoms with van der Waals surface area (Å²) in [5.41, 5.74) is 2.63. The molecule has 1 atom stereocenters. The highest BCUT2D eigenvalue weighted by Crippen LogP contribution is 2.32. The van der Waals surface area contributed by atoms with Crippen LogP contribution in [-0.4, -0.2) is 34.9 Å². The summed E-state index contributed by atoms with van der Waals surface area (Å²) in [5.74, 6) is 0.867. The highest BCUT2D eigenvalue weighted by Gasteiger charge is 2.20. The van der Waals surface area contributed by atoms with Crippen LogP contribution in [0.3, 0.4) is 0 Å². The first-order chi connectivity index (χ1) is 9.49. The molecule has 5 nitrogen and oxygen atoms in total. The third kappa shape index (κ3) is 4.19. The number of fused-ring (bicyclic) bond motifs is 1. The summed E-state index contributed by atoms with van der Waals surface area (Å²) in [6.45, 7) is 1.03. The van der Waals surface area contributed by atoms with Gasteiger partial charge >= 0.3 is 0 Å². The van der Waals surface area contributed by atoms with Crippen molar-refractivity contribution in [3.63, 3.8) is 0 Å². The zero-order chi connectivity index (χ0) is 14.6. The summed E-state index contributed by atoms with van der Waals surface area (Å²) >= 11 is 0. The fourth-order valence-corrected chi connectivity index (χ4v) is 3.07. The lowest BCUT2D eigenvalue weighted by atomic mass is 9.87. The minimum atomic E-state index is -3.11. The Morgan fingerprint density at radius 2 is 2.15 bits per heavy atom. The maximum absolute atomic E-state index is 11.0. The van der Waals surface area contributed by atoms with Gasteiger partial charge in [0.25, 0.3) is 0 Å². The molecule has 0 saturated carbocycles. The number of aryl methyl sites for hydroxylation is 1. The van der Waals surface area contributed by atoms with Crippen LogP contribution in [0.5, 0.6) is 5.75 Å². The van der Waals surface area contributed by atoms with Crippen LogP contribution in [0.25, 0.3) is 0 Å². The number of rotatable bonds is 6. The van der Waals surface area contributed by atoms with Crippen molar-refractivity contribution in [3.8, 4) is 5.75 Å². The van der Waals surface area contributed by atoms with Crippen LogP contribution in [0, 0.1) is 0 Å². The first-order valence-electron chi connectivity index (χ1n) is 6.84. The number of methoxy groups -OCH3 is 1. The van der Waals surface area contributed by atoms with Crippen molar-refractivity contribution in [2.75, 3.05) is 26.5 Å². The predicted molar refractivity (Wildman–Crippen MR) is 79.5 cm³/mol. The van der Waals surface area contributed by atoms with Crippen LogP contribution in [0.15, 0.2) is 18.2 Å². The Hall–Kier alpha value is -1.11. The lowest BCUT2D eigenvalue weighted by Gasteiger charge is -2.27. The molecule has 1 aromatic rings. The van der Waals surface area contributed by atoms with E-state index in [0.717, 1.165) is 25.0 Å². The molecule has 0 heterocycles. The van der Waals surface area contributed by atoms with E-state index >= 15 is 0 Å². The molecule has 6 heteroatoms. The lowest BCUT2D eigenvalue weighted by Crippen LogP contribution is -2.34. The zero-order valence-electron chi connectivity index (χ0n) is 12.0. The average Bonchev–Trinajstić information content (AvgIpc) is 2.42. The number of hydrogen-bond donors (Lipinski definition) is 2. The fourth-order valence-electron chi connectivity index (χ4n) is 2.60. The Kier molecular flexibility index (Phi) is 5.01. The summed E-state index contributed by atoms with van der Waals surface area (Å²) in [4.78, 5) is 0. The van der Waals surface area contributed by atoms with Crippen molar-refractivity contribution in [1.29, 1.82) is 0 Å². The van der Waals surface area contributed by atoms with E-state index in [-0.39, 0.29) is 6.04 Å². The number of sulfonamides is 1. The summed E-state index contributed by atoms with van der Waals surface area (Å²) in [6.07, 6.45) is 4.49. The molecule has 2 N–H and O–H groups in total. The average molecular weight is 298 g/mol. The molecule has 0 saturated heterocycles. The largest absolute Gasteiger partial charge is 0.497 e. The molecular weight excluding hydrogens is 276 g/mol. The van der Waals surface area contributed by atoms with Gasteiger partial charge in [-0.2, -0.15) is 0 Å². The second-order valence-corrected chi connectivity index (χ2v) is 6.96. The molecule has 1 aliphatic rings. The molecule has 0 aliphatic heterocycles. The second kappa shape index (κ2) is 6.56. The summed E-state index contributed by atoms with van der Waals surface area (Å²) in [5, 5.41) is 3.42. The molecule has 0 fully saturated rings. The van der Waals surface area contributed by atoms with Crippen molar-refractivity contribution < 1.29 is 13.2 Å². The third-order valence-corrected chi connectivity index (χ3v) is 4.28. The van der Waals surface area contributed by atoms with Crippen molar-refractivity contribution in [3.05, 3.63) is 29.3 Å². The molecular formula is C14H22N2O3S. The van der Waals surface area contributed by atoms with Gasteiger partial charge in [0, 0.05) is 19.1 Å². The summed E-state index contributed by atoms with van der Waals surface area (Å²) < 4.78 is 29.8. The molecule has 0 amide bonds. The summed E-state index contributed by atoms with van der Waals surface area (Å²) in [6, 6.07) is 6.47. The first-order valence-corrected chi connectivity index (χ1v) is 8.73. The molecule has 0 radical (unpaired) electrons. The fraction of sp³-hybridized carbons (Fsp3) is 0.571. The van der Waals surface area contributed by atoms with Crippen LogP contribution in [0.1, 0.15) is 30.0 Å².